The fourth-order valence-corrected chi connectivity index (χ4v) is 4.62. The van der Waals surface area contributed by atoms with E-state index in [-0.39, 0.29) is 12.5 Å². The van der Waals surface area contributed by atoms with Crippen LogP contribution < -0.4 is 0 Å². The molecule has 0 bridgehead atoms. The van der Waals surface area contributed by atoms with Gasteiger partial charge < -0.3 is 4.74 Å². The van der Waals surface area contributed by atoms with E-state index in [4.69, 9.17) is 4.74 Å². The van der Waals surface area contributed by atoms with Crippen LogP contribution in [0.3, 0.4) is 0 Å². The molecule has 1 saturated carbocycles. The summed E-state index contributed by atoms with van der Waals surface area (Å²) in [5.74, 6) is -0.291. The van der Waals surface area contributed by atoms with Gasteiger partial charge in [-0.3, -0.25) is 0 Å². The fraction of sp³-hybridized carbons (Fsp3) is 0.500. The van der Waals surface area contributed by atoms with Crippen molar-refractivity contribution in [1.29, 1.82) is 5.26 Å². The second kappa shape index (κ2) is 4.95. The van der Waals surface area contributed by atoms with Crippen molar-refractivity contribution >= 4 is 9.84 Å². The number of hydrogen-bond donors (Lipinski definition) is 0. The molecule has 2 rings (SSSR count). The van der Waals surface area contributed by atoms with Crippen LogP contribution in [0, 0.1) is 16.7 Å². The topological polar surface area (TPSA) is 67.2 Å². The predicted octanol–water partition coefficient (Wildman–Crippen LogP) is 1.74. The Morgan fingerprint density at radius 1 is 1.37 bits per heavy atom. The minimum Gasteiger partial charge on any atom is -0.380 e. The molecular weight excluding hydrogens is 262 g/mol. The summed E-state index contributed by atoms with van der Waals surface area (Å²) in [4.78, 5) is 0. The molecule has 1 fully saturated rings. The first-order valence-corrected chi connectivity index (χ1v) is 8.15. The van der Waals surface area contributed by atoms with Crippen LogP contribution in [0.4, 0.5) is 0 Å². The maximum atomic E-state index is 11.9. The van der Waals surface area contributed by atoms with E-state index < -0.39 is 20.5 Å². The fourth-order valence-electron chi connectivity index (χ4n) is 2.77. The zero-order valence-corrected chi connectivity index (χ0v) is 11.9. The SMILES string of the molecule is CCOC[C@]1(C#N)[C@@H](c2ccccc2)[C@@H]1S(C)(=O)=O. The van der Waals surface area contributed by atoms with Crippen molar-refractivity contribution in [3.8, 4) is 6.07 Å². The van der Waals surface area contributed by atoms with Gasteiger partial charge in [-0.05, 0) is 12.5 Å². The Morgan fingerprint density at radius 2 is 2.00 bits per heavy atom. The summed E-state index contributed by atoms with van der Waals surface area (Å²) in [6.45, 7) is 2.47. The van der Waals surface area contributed by atoms with Crippen LogP contribution in [0.1, 0.15) is 18.4 Å². The molecule has 1 aliphatic rings. The van der Waals surface area contributed by atoms with Gasteiger partial charge in [0.1, 0.15) is 5.41 Å². The summed E-state index contributed by atoms with van der Waals surface area (Å²) in [5, 5.41) is 8.79. The van der Waals surface area contributed by atoms with Gasteiger partial charge in [0.15, 0.2) is 9.84 Å². The van der Waals surface area contributed by atoms with Crippen LogP contribution in [-0.2, 0) is 14.6 Å². The van der Waals surface area contributed by atoms with E-state index in [9.17, 15) is 13.7 Å². The number of nitrogens with zero attached hydrogens (tertiary/aromatic N) is 1. The molecule has 0 heterocycles. The first-order valence-electron chi connectivity index (χ1n) is 6.20. The Hall–Kier alpha value is -1.38. The quantitative estimate of drug-likeness (QED) is 0.823. The van der Waals surface area contributed by atoms with E-state index in [2.05, 4.69) is 6.07 Å². The highest BCUT2D eigenvalue weighted by Crippen LogP contribution is 2.62. The van der Waals surface area contributed by atoms with Gasteiger partial charge in [-0.15, -0.1) is 0 Å². The summed E-state index contributed by atoms with van der Waals surface area (Å²) in [7, 11) is -3.28. The zero-order valence-electron chi connectivity index (χ0n) is 11.0. The van der Waals surface area contributed by atoms with Crippen LogP contribution in [0.25, 0.3) is 0 Å². The van der Waals surface area contributed by atoms with Crippen LogP contribution in [-0.4, -0.2) is 33.1 Å². The molecule has 0 N–H and O–H groups in total. The molecule has 0 unspecified atom stereocenters. The van der Waals surface area contributed by atoms with E-state index >= 15 is 0 Å². The van der Waals surface area contributed by atoms with Crippen LogP contribution in [0.15, 0.2) is 30.3 Å². The normalized spacial score (nSPS) is 29.7. The van der Waals surface area contributed by atoms with Crippen molar-refractivity contribution in [1.82, 2.24) is 0 Å². The summed E-state index contributed by atoms with van der Waals surface area (Å²) in [6.07, 6.45) is 1.19. The Morgan fingerprint density at radius 3 is 2.47 bits per heavy atom. The third-order valence-corrected chi connectivity index (χ3v) is 5.24. The summed E-state index contributed by atoms with van der Waals surface area (Å²) in [5.41, 5.74) is -0.0514. The van der Waals surface area contributed by atoms with Crippen LogP contribution in [0.5, 0.6) is 0 Å². The van der Waals surface area contributed by atoms with E-state index in [0.717, 1.165) is 5.56 Å². The van der Waals surface area contributed by atoms with E-state index in [1.807, 2.05) is 37.3 Å². The predicted molar refractivity (Wildman–Crippen MR) is 72.4 cm³/mol. The molecule has 5 heteroatoms. The second-order valence-electron chi connectivity index (χ2n) is 4.93. The molecule has 19 heavy (non-hydrogen) atoms. The van der Waals surface area contributed by atoms with Crippen molar-refractivity contribution in [2.45, 2.75) is 18.1 Å². The molecule has 102 valence electrons. The van der Waals surface area contributed by atoms with E-state index in [1.54, 1.807) is 0 Å². The van der Waals surface area contributed by atoms with Gasteiger partial charge in [-0.2, -0.15) is 5.26 Å². The Kier molecular flexibility index (Phi) is 3.66. The number of rotatable bonds is 5. The molecule has 0 aromatic heterocycles. The molecule has 1 aromatic carbocycles. The number of sulfone groups is 1. The molecule has 0 aliphatic heterocycles. The first-order chi connectivity index (χ1) is 8.97. The van der Waals surface area contributed by atoms with Crippen molar-refractivity contribution in [3.05, 3.63) is 35.9 Å². The number of nitriles is 1. The average Bonchev–Trinajstić information content (AvgIpc) is 3.07. The molecule has 0 spiro atoms. The molecule has 1 aromatic rings. The van der Waals surface area contributed by atoms with Gasteiger partial charge in [0.05, 0.1) is 17.9 Å². The summed E-state index contributed by atoms with van der Waals surface area (Å²) < 4.78 is 29.2. The average molecular weight is 279 g/mol. The lowest BCUT2D eigenvalue weighted by molar-refractivity contribution is 0.117. The zero-order chi connectivity index (χ0) is 14.1. The number of ether oxygens (including phenoxy) is 1. The smallest absolute Gasteiger partial charge is 0.152 e. The van der Waals surface area contributed by atoms with Gasteiger partial charge >= 0.3 is 0 Å². The summed E-state index contributed by atoms with van der Waals surface area (Å²) >= 11 is 0. The van der Waals surface area contributed by atoms with Crippen molar-refractivity contribution in [2.75, 3.05) is 19.5 Å². The molecule has 3 atom stereocenters. The third kappa shape index (κ3) is 2.38. The lowest BCUT2D eigenvalue weighted by Gasteiger charge is -2.08. The molecule has 0 saturated heterocycles. The highest BCUT2D eigenvalue weighted by Gasteiger charge is 2.71. The molecule has 4 nitrogen and oxygen atoms in total. The van der Waals surface area contributed by atoms with Crippen LogP contribution >= 0.6 is 0 Å². The molecular formula is C14H17NO3S. The van der Waals surface area contributed by atoms with E-state index in [0.29, 0.717) is 6.61 Å². The standard InChI is InChI=1S/C14H17NO3S/c1-3-18-10-14(9-15)12(13(14)19(2,16)17)11-7-5-4-6-8-11/h4-8,12-13H,3,10H2,1-2H3/t12-,13-,14+/m0/s1. The Balaban J connectivity index is 2.39. The highest BCUT2D eigenvalue weighted by molar-refractivity contribution is 7.91. The maximum absolute atomic E-state index is 11.9. The minimum absolute atomic E-state index is 0.164. The van der Waals surface area contributed by atoms with Crippen LogP contribution in [0.2, 0.25) is 0 Å². The van der Waals surface area contributed by atoms with E-state index in [1.165, 1.54) is 6.26 Å². The van der Waals surface area contributed by atoms with Gasteiger partial charge in [0.25, 0.3) is 0 Å². The van der Waals surface area contributed by atoms with Gasteiger partial charge in [0.2, 0.25) is 0 Å². The Labute approximate surface area is 113 Å². The molecule has 1 aliphatic carbocycles. The third-order valence-electron chi connectivity index (χ3n) is 3.63. The Bertz CT molecular complexity index is 591. The van der Waals surface area contributed by atoms with Gasteiger partial charge in [0, 0.05) is 18.8 Å². The second-order valence-corrected chi connectivity index (χ2v) is 7.09. The highest BCUT2D eigenvalue weighted by atomic mass is 32.2. The van der Waals surface area contributed by atoms with Crippen molar-refractivity contribution in [3.63, 3.8) is 0 Å². The monoisotopic (exact) mass is 279 g/mol. The lowest BCUT2D eigenvalue weighted by atomic mass is 10.0. The summed E-state index contributed by atoms with van der Waals surface area (Å²) in [6, 6.07) is 11.5. The first kappa shape index (κ1) is 14.0. The maximum Gasteiger partial charge on any atom is 0.152 e. The largest absolute Gasteiger partial charge is 0.380 e. The lowest BCUT2D eigenvalue weighted by Crippen LogP contribution is -2.18. The number of hydrogen-bond acceptors (Lipinski definition) is 4. The van der Waals surface area contributed by atoms with Crippen molar-refractivity contribution in [2.24, 2.45) is 5.41 Å². The molecule has 0 radical (unpaired) electrons. The minimum atomic E-state index is -3.28. The number of benzene rings is 1. The van der Waals surface area contributed by atoms with Gasteiger partial charge in [-0.25, -0.2) is 8.42 Å². The van der Waals surface area contributed by atoms with Crippen molar-refractivity contribution < 1.29 is 13.2 Å². The molecule has 0 amide bonds. The van der Waals surface area contributed by atoms with Gasteiger partial charge in [-0.1, -0.05) is 30.3 Å².